The van der Waals surface area contributed by atoms with Crippen LogP contribution in [0.2, 0.25) is 0 Å². The number of rotatable bonds is 7. The first-order valence-electron chi connectivity index (χ1n) is 12.1. The highest BCUT2D eigenvalue weighted by Gasteiger charge is 2.59. The number of para-hydroxylation sites is 1. The first-order valence-corrected chi connectivity index (χ1v) is 12.1. The molecule has 206 valence electrons. The van der Waals surface area contributed by atoms with Gasteiger partial charge in [-0.1, -0.05) is 48.5 Å². The summed E-state index contributed by atoms with van der Waals surface area (Å²) in [5, 5.41) is 12.2. The summed E-state index contributed by atoms with van der Waals surface area (Å²) in [4.78, 5) is 65.9. The Kier molecular flexibility index (Phi) is 7.82. The normalized spacial score (nSPS) is 18.7. The van der Waals surface area contributed by atoms with Crippen LogP contribution in [0.1, 0.15) is 25.0 Å². The van der Waals surface area contributed by atoms with E-state index in [1.807, 2.05) is 0 Å². The summed E-state index contributed by atoms with van der Waals surface area (Å²) in [6, 6.07) is 19.7. The monoisotopic (exact) mass is 546 g/mol. The summed E-state index contributed by atoms with van der Waals surface area (Å²) < 4.78 is 10.4. The number of amides is 4. The molecular weight excluding hydrogens is 520 g/mol. The van der Waals surface area contributed by atoms with E-state index < -0.39 is 41.7 Å². The van der Waals surface area contributed by atoms with Gasteiger partial charge in [0.05, 0.1) is 6.54 Å². The SMILES string of the molecule is CC(=O)Oc1cc(OC(C)=O)cc(C2(NC(=O)O)C(=O)N(Cc3ccccc3)C(=O)N(c3ccccc3)C2N)c1. The quantitative estimate of drug-likeness (QED) is 0.298. The molecule has 4 amide bonds. The molecule has 0 radical (unpaired) electrons. The molecule has 1 fully saturated rings. The van der Waals surface area contributed by atoms with Gasteiger partial charge in [0.2, 0.25) is 0 Å². The van der Waals surface area contributed by atoms with Crippen LogP contribution in [-0.2, 0) is 26.5 Å². The molecule has 1 aliphatic rings. The molecule has 40 heavy (non-hydrogen) atoms. The molecule has 0 saturated carbocycles. The predicted molar refractivity (Wildman–Crippen MR) is 141 cm³/mol. The number of urea groups is 1. The zero-order valence-electron chi connectivity index (χ0n) is 21.6. The van der Waals surface area contributed by atoms with Crippen LogP contribution in [0.4, 0.5) is 15.3 Å². The van der Waals surface area contributed by atoms with Crippen molar-refractivity contribution in [3.05, 3.63) is 90.0 Å². The van der Waals surface area contributed by atoms with Crippen molar-refractivity contribution in [1.82, 2.24) is 10.2 Å². The van der Waals surface area contributed by atoms with Crippen LogP contribution in [0, 0.1) is 0 Å². The van der Waals surface area contributed by atoms with Gasteiger partial charge in [0, 0.05) is 25.6 Å². The molecular formula is C28H26N4O8. The average Bonchev–Trinajstić information content (AvgIpc) is 2.89. The van der Waals surface area contributed by atoms with Gasteiger partial charge in [0.1, 0.15) is 17.7 Å². The zero-order chi connectivity index (χ0) is 29.0. The van der Waals surface area contributed by atoms with E-state index >= 15 is 0 Å². The predicted octanol–water partition coefficient (Wildman–Crippen LogP) is 2.95. The number of carbonyl (C=O) groups is 5. The average molecular weight is 547 g/mol. The van der Waals surface area contributed by atoms with E-state index in [-0.39, 0.29) is 23.6 Å². The zero-order valence-corrected chi connectivity index (χ0v) is 21.6. The Balaban J connectivity index is 1.99. The number of carbonyl (C=O) groups excluding carboxylic acids is 4. The van der Waals surface area contributed by atoms with E-state index in [1.54, 1.807) is 60.7 Å². The molecule has 0 aromatic heterocycles. The molecule has 1 heterocycles. The summed E-state index contributed by atoms with van der Waals surface area (Å²) in [7, 11) is 0. The molecule has 2 unspecified atom stereocenters. The fourth-order valence-corrected chi connectivity index (χ4v) is 4.55. The number of hydrogen-bond donors (Lipinski definition) is 3. The first-order chi connectivity index (χ1) is 19.0. The number of imide groups is 1. The van der Waals surface area contributed by atoms with Gasteiger partial charge in [-0.2, -0.15) is 0 Å². The highest BCUT2D eigenvalue weighted by Crippen LogP contribution is 2.40. The van der Waals surface area contributed by atoms with E-state index in [4.69, 9.17) is 15.2 Å². The fraction of sp³-hybridized carbons (Fsp3) is 0.179. The molecule has 12 heteroatoms. The van der Waals surface area contributed by atoms with Crippen LogP contribution in [-0.4, -0.2) is 46.1 Å². The second-order valence-corrected chi connectivity index (χ2v) is 8.93. The van der Waals surface area contributed by atoms with Crippen molar-refractivity contribution in [2.24, 2.45) is 5.73 Å². The van der Waals surface area contributed by atoms with Crippen LogP contribution < -0.4 is 25.4 Å². The second-order valence-electron chi connectivity index (χ2n) is 8.93. The van der Waals surface area contributed by atoms with Crippen molar-refractivity contribution >= 4 is 35.7 Å². The summed E-state index contributed by atoms with van der Waals surface area (Å²) in [5.41, 5.74) is 5.04. The highest BCUT2D eigenvalue weighted by molar-refractivity contribution is 6.11. The molecule has 0 bridgehead atoms. The lowest BCUT2D eigenvalue weighted by Gasteiger charge is -2.50. The van der Waals surface area contributed by atoms with Gasteiger partial charge in [-0.25, -0.2) is 9.59 Å². The third kappa shape index (κ3) is 5.47. The van der Waals surface area contributed by atoms with E-state index in [0.29, 0.717) is 11.3 Å². The fourth-order valence-electron chi connectivity index (χ4n) is 4.55. The minimum absolute atomic E-state index is 0.131. The van der Waals surface area contributed by atoms with Crippen LogP contribution in [0.5, 0.6) is 11.5 Å². The Labute approximate surface area is 228 Å². The standard InChI is InChI=1S/C28H26N4O8/c1-17(33)39-22-13-20(14-23(15-22)40-18(2)34)28(30-26(36)37)24(29)32(21-11-7-4-8-12-21)27(38)31(25(28)35)16-19-9-5-3-6-10-19/h3-15,24,30H,16,29H2,1-2H3,(H,36,37). The number of anilines is 1. The molecule has 1 saturated heterocycles. The van der Waals surface area contributed by atoms with Crippen molar-refractivity contribution < 1.29 is 38.6 Å². The molecule has 2 atom stereocenters. The van der Waals surface area contributed by atoms with Crippen molar-refractivity contribution in [2.75, 3.05) is 4.90 Å². The summed E-state index contributed by atoms with van der Waals surface area (Å²) >= 11 is 0. The van der Waals surface area contributed by atoms with Crippen molar-refractivity contribution in [1.29, 1.82) is 0 Å². The maximum absolute atomic E-state index is 14.3. The van der Waals surface area contributed by atoms with Crippen LogP contribution in [0.15, 0.2) is 78.9 Å². The van der Waals surface area contributed by atoms with Crippen molar-refractivity contribution in [3.63, 3.8) is 0 Å². The van der Waals surface area contributed by atoms with Crippen molar-refractivity contribution in [3.8, 4) is 11.5 Å². The van der Waals surface area contributed by atoms with E-state index in [0.717, 1.165) is 23.6 Å². The van der Waals surface area contributed by atoms with Gasteiger partial charge >= 0.3 is 24.1 Å². The van der Waals surface area contributed by atoms with Crippen molar-refractivity contribution in [2.45, 2.75) is 32.1 Å². The Morgan fingerprint density at radius 1 is 0.900 bits per heavy atom. The first kappa shape index (κ1) is 27.8. The molecule has 12 nitrogen and oxygen atoms in total. The number of nitrogens with zero attached hydrogens (tertiary/aromatic N) is 2. The third-order valence-electron chi connectivity index (χ3n) is 6.12. The molecule has 3 aromatic rings. The number of benzene rings is 3. The Bertz CT molecular complexity index is 1430. The number of nitrogens with one attached hydrogen (secondary N) is 1. The molecule has 4 N–H and O–H groups in total. The summed E-state index contributed by atoms with van der Waals surface area (Å²) in [5.74, 6) is -2.73. The Morgan fingerprint density at radius 2 is 1.43 bits per heavy atom. The molecule has 1 aliphatic heterocycles. The number of hydrogen-bond acceptors (Lipinski definition) is 8. The highest BCUT2D eigenvalue weighted by atomic mass is 16.5. The number of esters is 2. The Morgan fingerprint density at radius 3 is 1.93 bits per heavy atom. The second kappa shape index (κ2) is 11.3. The van der Waals surface area contributed by atoms with Gasteiger partial charge in [-0.3, -0.25) is 24.2 Å². The van der Waals surface area contributed by atoms with Gasteiger partial charge in [0.15, 0.2) is 5.54 Å². The maximum Gasteiger partial charge on any atom is 0.405 e. The van der Waals surface area contributed by atoms with E-state index in [9.17, 15) is 29.1 Å². The smallest absolute Gasteiger partial charge is 0.405 e. The summed E-state index contributed by atoms with van der Waals surface area (Å²) in [6.07, 6.45) is -3.26. The van der Waals surface area contributed by atoms with Gasteiger partial charge in [-0.05, 0) is 35.4 Å². The molecule has 3 aromatic carbocycles. The van der Waals surface area contributed by atoms with Crippen LogP contribution in [0.25, 0.3) is 0 Å². The van der Waals surface area contributed by atoms with E-state index in [1.165, 1.54) is 18.2 Å². The van der Waals surface area contributed by atoms with Gasteiger partial charge < -0.3 is 25.6 Å². The molecule has 0 spiro atoms. The summed E-state index contributed by atoms with van der Waals surface area (Å²) in [6.45, 7) is 2.06. The van der Waals surface area contributed by atoms with Gasteiger partial charge in [-0.15, -0.1) is 0 Å². The minimum Gasteiger partial charge on any atom is -0.465 e. The third-order valence-corrected chi connectivity index (χ3v) is 6.12. The lowest BCUT2D eigenvalue weighted by molar-refractivity contribution is -0.138. The number of nitrogens with two attached hydrogens (primary N) is 1. The van der Waals surface area contributed by atoms with E-state index in [2.05, 4.69) is 5.32 Å². The topological polar surface area (TPSA) is 169 Å². The number of carboxylic acid groups (broad SMARTS) is 1. The van der Waals surface area contributed by atoms with Crippen LogP contribution >= 0.6 is 0 Å². The Hall–Kier alpha value is -5.23. The minimum atomic E-state index is -2.34. The number of ether oxygens (including phenoxy) is 2. The lowest BCUT2D eigenvalue weighted by Crippen LogP contribution is -2.77. The lowest BCUT2D eigenvalue weighted by atomic mass is 9.82. The van der Waals surface area contributed by atoms with Crippen LogP contribution in [0.3, 0.4) is 0 Å². The molecule has 4 rings (SSSR count). The van der Waals surface area contributed by atoms with Gasteiger partial charge in [0.25, 0.3) is 5.91 Å². The maximum atomic E-state index is 14.3. The largest absolute Gasteiger partial charge is 0.465 e. The molecule has 0 aliphatic carbocycles.